The highest BCUT2D eigenvalue weighted by molar-refractivity contribution is 5.97. The van der Waals surface area contributed by atoms with Crippen molar-refractivity contribution in [2.75, 3.05) is 19.7 Å². The first-order chi connectivity index (χ1) is 8.95. The van der Waals surface area contributed by atoms with Gasteiger partial charge in [-0.2, -0.15) is 0 Å². The Bertz CT molecular complexity index is 481. The van der Waals surface area contributed by atoms with Crippen LogP contribution < -0.4 is 5.73 Å². The lowest BCUT2D eigenvalue weighted by Gasteiger charge is -2.37. The number of hydrogen-bond acceptors (Lipinski definition) is 4. The maximum atomic E-state index is 12.7. The number of ether oxygens (including phenoxy) is 1. The second kappa shape index (κ2) is 5.35. The van der Waals surface area contributed by atoms with E-state index in [9.17, 15) is 4.79 Å². The summed E-state index contributed by atoms with van der Waals surface area (Å²) in [6, 6.07) is 0.0595. The van der Waals surface area contributed by atoms with Crippen molar-refractivity contribution in [3.8, 4) is 0 Å². The van der Waals surface area contributed by atoms with Crippen LogP contribution in [0.2, 0.25) is 0 Å². The van der Waals surface area contributed by atoms with E-state index >= 15 is 0 Å². The van der Waals surface area contributed by atoms with Gasteiger partial charge in [0.15, 0.2) is 0 Å². The van der Waals surface area contributed by atoms with Crippen molar-refractivity contribution in [1.82, 2.24) is 4.90 Å². The number of carbonyl (C=O) groups excluding carboxylic acids is 1. The van der Waals surface area contributed by atoms with Gasteiger partial charge in [0.25, 0.3) is 5.91 Å². The number of rotatable bonds is 2. The Kier molecular flexibility index (Phi) is 3.96. The van der Waals surface area contributed by atoms with E-state index in [-0.39, 0.29) is 18.1 Å². The molecular formula is C14H22N2O3. The van der Waals surface area contributed by atoms with Gasteiger partial charge in [-0.1, -0.05) is 0 Å². The van der Waals surface area contributed by atoms with E-state index < -0.39 is 0 Å². The van der Waals surface area contributed by atoms with Crippen LogP contribution in [0.1, 0.15) is 34.4 Å². The number of carbonyl (C=O) groups is 1. The first-order valence-electron chi connectivity index (χ1n) is 6.65. The van der Waals surface area contributed by atoms with Crippen molar-refractivity contribution in [1.29, 1.82) is 0 Å². The number of nitrogens with zero attached hydrogens (tertiary/aromatic N) is 1. The zero-order chi connectivity index (χ0) is 14.2. The summed E-state index contributed by atoms with van der Waals surface area (Å²) < 4.78 is 11.1. The van der Waals surface area contributed by atoms with Gasteiger partial charge in [0, 0.05) is 18.7 Å². The zero-order valence-electron chi connectivity index (χ0n) is 12.0. The van der Waals surface area contributed by atoms with E-state index in [1.165, 1.54) is 0 Å². The Morgan fingerprint density at radius 1 is 1.37 bits per heavy atom. The Morgan fingerprint density at radius 3 is 2.58 bits per heavy atom. The summed E-state index contributed by atoms with van der Waals surface area (Å²) in [7, 11) is 0. The number of aryl methyl sites for hydroxylation is 2. The van der Waals surface area contributed by atoms with Gasteiger partial charge in [0.2, 0.25) is 0 Å². The van der Waals surface area contributed by atoms with Gasteiger partial charge in [-0.25, -0.2) is 0 Å². The van der Waals surface area contributed by atoms with Crippen LogP contribution in [0.25, 0.3) is 0 Å². The molecule has 5 nitrogen and oxygen atoms in total. The van der Waals surface area contributed by atoms with Gasteiger partial charge in [-0.15, -0.1) is 0 Å². The van der Waals surface area contributed by atoms with Crippen molar-refractivity contribution in [2.24, 2.45) is 5.73 Å². The summed E-state index contributed by atoms with van der Waals surface area (Å²) in [6.45, 7) is 9.12. The number of amides is 1. The standard InChI is InChI=1S/C14H22N2O3/c1-8-7-18-12(5-15)6-16(8)14(17)13-9(2)10(3)19-11(13)4/h8,12H,5-7,15H2,1-4H3. The summed E-state index contributed by atoms with van der Waals surface area (Å²) in [4.78, 5) is 14.5. The van der Waals surface area contributed by atoms with Crippen molar-refractivity contribution in [2.45, 2.75) is 39.8 Å². The third-order valence-corrected chi connectivity index (χ3v) is 3.80. The van der Waals surface area contributed by atoms with E-state index in [2.05, 4.69) is 0 Å². The van der Waals surface area contributed by atoms with E-state index in [1.54, 1.807) is 0 Å². The van der Waals surface area contributed by atoms with Gasteiger partial charge in [0.05, 0.1) is 24.3 Å². The SMILES string of the molecule is Cc1oc(C)c(C(=O)N2CC(CN)OCC2C)c1C. The molecule has 0 spiro atoms. The molecule has 0 radical (unpaired) electrons. The molecule has 2 heterocycles. The topological polar surface area (TPSA) is 68.7 Å². The number of morpholine rings is 1. The van der Waals surface area contributed by atoms with Crippen molar-refractivity contribution >= 4 is 5.91 Å². The van der Waals surface area contributed by atoms with Crippen LogP contribution in [0.3, 0.4) is 0 Å². The lowest BCUT2D eigenvalue weighted by atomic mass is 10.1. The van der Waals surface area contributed by atoms with Crippen LogP contribution in [0.4, 0.5) is 0 Å². The molecule has 0 aliphatic carbocycles. The van der Waals surface area contributed by atoms with Crippen LogP contribution in [-0.4, -0.2) is 42.6 Å². The molecule has 1 aliphatic heterocycles. The fraction of sp³-hybridized carbons (Fsp3) is 0.643. The average Bonchev–Trinajstić information content (AvgIpc) is 2.63. The lowest BCUT2D eigenvalue weighted by Crippen LogP contribution is -2.53. The normalized spacial score (nSPS) is 23.7. The molecule has 2 N–H and O–H groups in total. The van der Waals surface area contributed by atoms with E-state index in [0.29, 0.717) is 31.0 Å². The predicted octanol–water partition coefficient (Wildman–Crippen LogP) is 1.39. The molecule has 0 bridgehead atoms. The third kappa shape index (κ3) is 2.53. The molecule has 0 saturated carbocycles. The number of furan rings is 1. The fourth-order valence-electron chi connectivity index (χ4n) is 2.49. The van der Waals surface area contributed by atoms with Crippen molar-refractivity contribution in [3.05, 3.63) is 22.6 Å². The Hall–Kier alpha value is -1.33. The smallest absolute Gasteiger partial charge is 0.258 e. The monoisotopic (exact) mass is 266 g/mol. The minimum Gasteiger partial charge on any atom is -0.466 e. The molecule has 0 aromatic carbocycles. The summed E-state index contributed by atoms with van der Waals surface area (Å²) in [5.41, 5.74) is 7.24. The molecule has 1 amide bonds. The van der Waals surface area contributed by atoms with Crippen LogP contribution in [0.5, 0.6) is 0 Å². The molecule has 2 unspecified atom stereocenters. The van der Waals surface area contributed by atoms with Crippen LogP contribution >= 0.6 is 0 Å². The maximum Gasteiger partial charge on any atom is 0.258 e. The summed E-state index contributed by atoms with van der Waals surface area (Å²) >= 11 is 0. The molecule has 1 aromatic rings. The molecule has 19 heavy (non-hydrogen) atoms. The minimum absolute atomic E-state index is 0.0149. The average molecular weight is 266 g/mol. The molecule has 106 valence electrons. The lowest BCUT2D eigenvalue weighted by molar-refractivity contribution is -0.0426. The van der Waals surface area contributed by atoms with E-state index in [4.69, 9.17) is 14.9 Å². The summed E-state index contributed by atoms with van der Waals surface area (Å²) in [5, 5.41) is 0. The van der Waals surface area contributed by atoms with Crippen molar-refractivity contribution in [3.63, 3.8) is 0 Å². The first-order valence-corrected chi connectivity index (χ1v) is 6.65. The van der Waals surface area contributed by atoms with Gasteiger partial charge in [-0.05, 0) is 27.7 Å². The highest BCUT2D eigenvalue weighted by atomic mass is 16.5. The molecule has 2 rings (SSSR count). The van der Waals surface area contributed by atoms with E-state index in [1.807, 2.05) is 32.6 Å². The molecule has 5 heteroatoms. The summed E-state index contributed by atoms with van der Waals surface area (Å²) in [5.74, 6) is 1.50. The molecular weight excluding hydrogens is 244 g/mol. The number of nitrogens with two attached hydrogens (primary N) is 1. The van der Waals surface area contributed by atoms with Gasteiger partial charge >= 0.3 is 0 Å². The fourth-order valence-corrected chi connectivity index (χ4v) is 2.49. The van der Waals surface area contributed by atoms with Crippen molar-refractivity contribution < 1.29 is 13.9 Å². The quantitative estimate of drug-likeness (QED) is 0.878. The summed E-state index contributed by atoms with van der Waals surface area (Å²) in [6.07, 6.45) is -0.0752. The highest BCUT2D eigenvalue weighted by Crippen LogP contribution is 2.24. The molecule has 1 aromatic heterocycles. The largest absolute Gasteiger partial charge is 0.466 e. The second-order valence-electron chi connectivity index (χ2n) is 5.21. The van der Waals surface area contributed by atoms with E-state index in [0.717, 1.165) is 11.3 Å². The molecule has 1 saturated heterocycles. The molecule has 1 fully saturated rings. The van der Waals surface area contributed by atoms with Gasteiger partial charge in [0.1, 0.15) is 11.5 Å². The van der Waals surface area contributed by atoms with Gasteiger partial charge in [-0.3, -0.25) is 4.79 Å². The zero-order valence-corrected chi connectivity index (χ0v) is 12.0. The second-order valence-corrected chi connectivity index (χ2v) is 5.21. The Balaban J connectivity index is 2.27. The predicted molar refractivity (Wildman–Crippen MR) is 72.2 cm³/mol. The highest BCUT2D eigenvalue weighted by Gasteiger charge is 2.32. The Morgan fingerprint density at radius 2 is 2.05 bits per heavy atom. The number of hydrogen-bond donors (Lipinski definition) is 1. The minimum atomic E-state index is -0.0752. The van der Waals surface area contributed by atoms with Gasteiger partial charge < -0.3 is 19.8 Å². The van der Waals surface area contributed by atoms with Crippen LogP contribution in [0, 0.1) is 20.8 Å². The first kappa shape index (κ1) is 14.1. The van der Waals surface area contributed by atoms with Crippen LogP contribution in [0.15, 0.2) is 4.42 Å². The van der Waals surface area contributed by atoms with Crippen LogP contribution in [-0.2, 0) is 4.74 Å². The maximum absolute atomic E-state index is 12.7. The third-order valence-electron chi connectivity index (χ3n) is 3.80. The Labute approximate surface area is 113 Å². The molecule has 2 atom stereocenters. The molecule has 1 aliphatic rings.